The van der Waals surface area contributed by atoms with Crippen molar-refractivity contribution in [3.05, 3.63) is 4.60 Å². The molecule has 96 valence electrons. The van der Waals surface area contributed by atoms with Gasteiger partial charge in [-0.25, -0.2) is 13.1 Å². The Bertz CT molecular complexity index is 494. The summed E-state index contributed by atoms with van der Waals surface area (Å²) in [5, 5.41) is 10.7. The Labute approximate surface area is 108 Å². The molecule has 0 aliphatic carbocycles. The predicted molar refractivity (Wildman–Crippen MR) is 64.9 cm³/mol. The number of halogens is 1. The van der Waals surface area contributed by atoms with Crippen molar-refractivity contribution in [2.24, 2.45) is 7.05 Å². The van der Waals surface area contributed by atoms with E-state index in [2.05, 4.69) is 31.6 Å². The molecule has 1 aromatic heterocycles. The lowest BCUT2D eigenvalue weighted by molar-refractivity contribution is 0.308. The number of sulfonamides is 1. The van der Waals surface area contributed by atoms with E-state index in [0.717, 1.165) is 0 Å². The van der Waals surface area contributed by atoms with Gasteiger partial charge in [0.05, 0.1) is 0 Å². The number of nitrogens with one attached hydrogen (secondary N) is 1. The van der Waals surface area contributed by atoms with Gasteiger partial charge in [-0.05, 0) is 22.9 Å². The number of nitrogens with zero attached hydrogens (tertiary/aromatic N) is 4. The highest BCUT2D eigenvalue weighted by molar-refractivity contribution is 9.10. The smallest absolute Gasteiger partial charge is 0.263 e. The number of piperazine rings is 1. The lowest BCUT2D eigenvalue weighted by Crippen LogP contribution is -2.51. The van der Waals surface area contributed by atoms with Gasteiger partial charge >= 0.3 is 0 Å². The highest BCUT2D eigenvalue weighted by Crippen LogP contribution is 2.22. The molecule has 9 heteroatoms. The van der Waals surface area contributed by atoms with E-state index in [9.17, 15) is 8.42 Å². The maximum Gasteiger partial charge on any atom is 0.263 e. The average Bonchev–Trinajstić information content (AvgIpc) is 2.59. The first-order chi connectivity index (χ1) is 7.93. The van der Waals surface area contributed by atoms with E-state index in [-0.39, 0.29) is 15.7 Å². The maximum absolute atomic E-state index is 12.4. The molecule has 1 aliphatic heterocycles. The van der Waals surface area contributed by atoms with Crippen LogP contribution in [0.25, 0.3) is 0 Å². The molecule has 1 atom stereocenters. The van der Waals surface area contributed by atoms with Crippen LogP contribution in [0.15, 0.2) is 9.63 Å². The molecule has 0 bridgehead atoms. The Hall–Kier alpha value is -0.510. The highest BCUT2D eigenvalue weighted by Gasteiger charge is 2.33. The largest absolute Gasteiger partial charge is 0.312 e. The standard InChI is InChI=1S/C8H14BrN5O2S/c1-6-5-14(4-3-10-6)17(15,16)8-7(9)11-12-13(8)2/h6,10H,3-5H2,1-2H3. The summed E-state index contributed by atoms with van der Waals surface area (Å²) < 4.78 is 27.8. The maximum atomic E-state index is 12.4. The fraction of sp³-hybridized carbons (Fsp3) is 0.750. The molecule has 0 amide bonds. The van der Waals surface area contributed by atoms with Gasteiger partial charge in [0.15, 0.2) is 4.60 Å². The molecule has 1 unspecified atom stereocenters. The Morgan fingerprint density at radius 3 is 2.76 bits per heavy atom. The van der Waals surface area contributed by atoms with Crippen LogP contribution in [0.4, 0.5) is 0 Å². The first-order valence-corrected chi connectivity index (χ1v) is 7.45. The van der Waals surface area contributed by atoms with Crippen molar-refractivity contribution < 1.29 is 8.42 Å². The minimum absolute atomic E-state index is 0.103. The molecule has 1 fully saturated rings. The van der Waals surface area contributed by atoms with E-state index in [4.69, 9.17) is 0 Å². The molecular formula is C8H14BrN5O2S. The van der Waals surface area contributed by atoms with E-state index >= 15 is 0 Å². The second kappa shape index (κ2) is 4.63. The molecule has 17 heavy (non-hydrogen) atoms. The molecule has 1 aromatic rings. The first-order valence-electron chi connectivity index (χ1n) is 5.21. The van der Waals surface area contributed by atoms with E-state index in [0.29, 0.717) is 19.6 Å². The minimum Gasteiger partial charge on any atom is -0.312 e. The number of rotatable bonds is 2. The van der Waals surface area contributed by atoms with E-state index in [1.165, 1.54) is 8.99 Å². The highest BCUT2D eigenvalue weighted by atomic mass is 79.9. The second-order valence-electron chi connectivity index (χ2n) is 4.03. The minimum atomic E-state index is -3.53. The van der Waals surface area contributed by atoms with Crippen molar-refractivity contribution in [2.45, 2.75) is 18.0 Å². The molecular weight excluding hydrogens is 310 g/mol. The van der Waals surface area contributed by atoms with Gasteiger partial charge in [0.2, 0.25) is 5.03 Å². The fourth-order valence-corrected chi connectivity index (χ4v) is 4.40. The van der Waals surface area contributed by atoms with Gasteiger partial charge in [-0.2, -0.15) is 4.31 Å². The Morgan fingerprint density at radius 2 is 2.24 bits per heavy atom. The Morgan fingerprint density at radius 1 is 1.53 bits per heavy atom. The monoisotopic (exact) mass is 323 g/mol. The van der Waals surface area contributed by atoms with Gasteiger partial charge in [0.1, 0.15) is 0 Å². The zero-order valence-electron chi connectivity index (χ0n) is 9.59. The lowest BCUT2D eigenvalue weighted by atomic mass is 10.3. The molecule has 1 saturated heterocycles. The van der Waals surface area contributed by atoms with Crippen molar-refractivity contribution in [1.29, 1.82) is 0 Å². The van der Waals surface area contributed by atoms with Crippen molar-refractivity contribution in [3.63, 3.8) is 0 Å². The number of hydrogen-bond acceptors (Lipinski definition) is 5. The molecule has 0 radical (unpaired) electrons. The van der Waals surface area contributed by atoms with Crippen LogP contribution in [0.2, 0.25) is 0 Å². The number of aromatic nitrogens is 3. The van der Waals surface area contributed by atoms with Crippen LogP contribution in [0.1, 0.15) is 6.92 Å². The summed E-state index contributed by atoms with van der Waals surface area (Å²) in [6.07, 6.45) is 0. The summed E-state index contributed by atoms with van der Waals surface area (Å²) >= 11 is 3.12. The van der Waals surface area contributed by atoms with Crippen LogP contribution in [0.5, 0.6) is 0 Å². The zero-order chi connectivity index (χ0) is 12.6. The topological polar surface area (TPSA) is 80.1 Å². The van der Waals surface area contributed by atoms with E-state index < -0.39 is 10.0 Å². The summed E-state index contributed by atoms with van der Waals surface area (Å²) in [5.74, 6) is 0. The van der Waals surface area contributed by atoms with Gasteiger partial charge in [-0.15, -0.1) is 5.10 Å². The Kier molecular flexibility index (Phi) is 3.53. The summed E-state index contributed by atoms with van der Waals surface area (Å²) in [6, 6.07) is 0.151. The van der Waals surface area contributed by atoms with Gasteiger partial charge in [-0.3, -0.25) is 0 Å². The van der Waals surface area contributed by atoms with Crippen molar-refractivity contribution in [2.75, 3.05) is 19.6 Å². The second-order valence-corrected chi connectivity index (χ2v) is 6.63. The summed E-state index contributed by atoms with van der Waals surface area (Å²) in [4.78, 5) is 0. The molecule has 2 heterocycles. The molecule has 2 rings (SSSR count). The SMILES string of the molecule is CC1CN(S(=O)(=O)c2c(Br)nnn2C)CCN1. The molecule has 0 aromatic carbocycles. The average molecular weight is 324 g/mol. The van der Waals surface area contributed by atoms with Gasteiger partial charge in [-0.1, -0.05) is 5.21 Å². The normalized spacial score (nSPS) is 22.9. The van der Waals surface area contributed by atoms with E-state index in [1.807, 2.05) is 6.92 Å². The number of hydrogen-bond donors (Lipinski definition) is 1. The van der Waals surface area contributed by atoms with Crippen LogP contribution < -0.4 is 5.32 Å². The molecule has 7 nitrogen and oxygen atoms in total. The van der Waals surface area contributed by atoms with Crippen LogP contribution in [0, 0.1) is 0 Å². The van der Waals surface area contributed by atoms with Crippen molar-refractivity contribution in [3.8, 4) is 0 Å². The van der Waals surface area contributed by atoms with Gasteiger partial charge in [0, 0.05) is 32.7 Å². The zero-order valence-corrected chi connectivity index (χ0v) is 12.0. The lowest BCUT2D eigenvalue weighted by Gasteiger charge is -2.30. The first kappa shape index (κ1) is 12.9. The van der Waals surface area contributed by atoms with Crippen LogP contribution in [-0.4, -0.2) is 53.4 Å². The fourth-order valence-electron chi connectivity index (χ4n) is 1.83. The quantitative estimate of drug-likeness (QED) is 0.798. The predicted octanol–water partition coefficient (Wildman–Crippen LogP) is -0.440. The Balaban J connectivity index is 2.36. The van der Waals surface area contributed by atoms with Crippen LogP contribution >= 0.6 is 15.9 Å². The molecule has 0 saturated carbocycles. The third-order valence-electron chi connectivity index (χ3n) is 2.65. The van der Waals surface area contributed by atoms with Crippen LogP contribution in [-0.2, 0) is 17.1 Å². The van der Waals surface area contributed by atoms with E-state index in [1.54, 1.807) is 7.05 Å². The number of aryl methyl sites for hydroxylation is 1. The van der Waals surface area contributed by atoms with Crippen molar-refractivity contribution >= 4 is 26.0 Å². The molecule has 0 spiro atoms. The summed E-state index contributed by atoms with van der Waals surface area (Å²) in [5.41, 5.74) is 0. The van der Waals surface area contributed by atoms with Gasteiger partial charge < -0.3 is 5.32 Å². The van der Waals surface area contributed by atoms with Crippen LogP contribution in [0.3, 0.4) is 0 Å². The van der Waals surface area contributed by atoms with Gasteiger partial charge in [0.25, 0.3) is 10.0 Å². The summed E-state index contributed by atoms with van der Waals surface area (Å²) in [7, 11) is -1.96. The molecule has 1 N–H and O–H groups in total. The third-order valence-corrected chi connectivity index (χ3v) is 5.41. The summed E-state index contributed by atoms with van der Waals surface area (Å²) in [6.45, 7) is 3.53. The molecule has 1 aliphatic rings. The third kappa shape index (κ3) is 2.37. The van der Waals surface area contributed by atoms with Crippen molar-refractivity contribution in [1.82, 2.24) is 24.6 Å².